The third kappa shape index (κ3) is 3.22. The van der Waals surface area contributed by atoms with Crippen molar-refractivity contribution in [3.63, 3.8) is 0 Å². The maximum atomic E-state index is 4.60. The second kappa shape index (κ2) is 5.96. The largest absolute Gasteiger partial charge is 0.361 e. The third-order valence-corrected chi connectivity index (χ3v) is 3.71. The van der Waals surface area contributed by atoms with Gasteiger partial charge in [0.05, 0.1) is 11.7 Å². The smallest absolute Gasteiger partial charge is 0.0898 e. The maximum absolute atomic E-state index is 4.60. The molecule has 2 heteroatoms. The van der Waals surface area contributed by atoms with Crippen LogP contribution in [0.1, 0.15) is 29.8 Å². The first-order valence-corrected chi connectivity index (χ1v) is 7.31. The minimum Gasteiger partial charge on any atom is -0.361 e. The second-order valence-corrected chi connectivity index (χ2v) is 5.60. The molecule has 1 aliphatic heterocycles. The Morgan fingerprint density at radius 3 is 2.57 bits per heavy atom. The van der Waals surface area contributed by atoms with Crippen LogP contribution in [0.5, 0.6) is 0 Å². The molecule has 1 aromatic carbocycles. The van der Waals surface area contributed by atoms with E-state index in [1.165, 1.54) is 16.7 Å². The van der Waals surface area contributed by atoms with Gasteiger partial charge in [-0.15, -0.1) is 0 Å². The molecular formula is C19H20N2. The molecule has 0 radical (unpaired) electrons. The third-order valence-electron chi connectivity index (χ3n) is 3.71. The Labute approximate surface area is 126 Å². The van der Waals surface area contributed by atoms with E-state index in [4.69, 9.17) is 0 Å². The van der Waals surface area contributed by atoms with E-state index in [1.807, 2.05) is 6.20 Å². The summed E-state index contributed by atoms with van der Waals surface area (Å²) in [5.74, 6) is 0. The Kier molecular flexibility index (Phi) is 3.87. The van der Waals surface area contributed by atoms with Crippen LogP contribution in [0.25, 0.3) is 0 Å². The predicted octanol–water partition coefficient (Wildman–Crippen LogP) is 4.41. The lowest BCUT2D eigenvalue weighted by Crippen LogP contribution is -2.25. The van der Waals surface area contributed by atoms with E-state index < -0.39 is 0 Å². The Bertz CT molecular complexity index is 654. The fraction of sp³-hybridized carbons (Fsp3) is 0.211. The van der Waals surface area contributed by atoms with Gasteiger partial charge in [0.1, 0.15) is 0 Å². The van der Waals surface area contributed by atoms with Gasteiger partial charge in [-0.1, -0.05) is 48.6 Å². The summed E-state index contributed by atoms with van der Waals surface area (Å²) in [6.07, 6.45) is 8.57. The molecule has 2 heterocycles. The van der Waals surface area contributed by atoms with Gasteiger partial charge < -0.3 is 4.90 Å². The molecule has 0 spiro atoms. The lowest BCUT2D eigenvalue weighted by Gasteiger charge is -2.31. The van der Waals surface area contributed by atoms with Crippen molar-refractivity contribution in [2.24, 2.45) is 0 Å². The zero-order valence-corrected chi connectivity index (χ0v) is 12.5. The summed E-state index contributed by atoms with van der Waals surface area (Å²) in [7, 11) is 0. The Balaban J connectivity index is 1.87. The number of benzene rings is 1. The topological polar surface area (TPSA) is 16.1 Å². The fourth-order valence-electron chi connectivity index (χ4n) is 2.60. The highest BCUT2D eigenvalue weighted by Gasteiger charge is 2.19. The number of allylic oxidation sites excluding steroid dienone is 2. The minimum atomic E-state index is 0.203. The van der Waals surface area contributed by atoms with Crippen LogP contribution in [0.2, 0.25) is 0 Å². The minimum absolute atomic E-state index is 0.203. The molecule has 2 nitrogen and oxygen atoms in total. The zero-order chi connectivity index (χ0) is 14.7. The van der Waals surface area contributed by atoms with Crippen LogP contribution < -0.4 is 0 Å². The number of pyridine rings is 1. The van der Waals surface area contributed by atoms with Gasteiger partial charge in [-0.25, -0.2) is 0 Å². The van der Waals surface area contributed by atoms with Crippen LogP contribution in [-0.4, -0.2) is 9.88 Å². The average molecular weight is 276 g/mol. The average Bonchev–Trinajstić information content (AvgIpc) is 2.50. The van der Waals surface area contributed by atoms with Crippen LogP contribution in [0.3, 0.4) is 0 Å². The summed E-state index contributed by atoms with van der Waals surface area (Å²) in [4.78, 5) is 6.95. The highest BCUT2D eigenvalue weighted by molar-refractivity contribution is 5.29. The van der Waals surface area contributed by atoms with Gasteiger partial charge in [-0.05, 0) is 36.6 Å². The molecule has 0 aliphatic carbocycles. The number of aryl methyl sites for hydroxylation is 1. The number of rotatable bonds is 3. The van der Waals surface area contributed by atoms with Crippen LogP contribution in [-0.2, 0) is 6.54 Å². The molecule has 1 aromatic heterocycles. The molecule has 0 fully saturated rings. The van der Waals surface area contributed by atoms with Crippen LogP contribution >= 0.6 is 0 Å². The van der Waals surface area contributed by atoms with Crippen molar-refractivity contribution in [1.29, 1.82) is 0 Å². The molecule has 1 unspecified atom stereocenters. The zero-order valence-electron chi connectivity index (χ0n) is 12.5. The number of hydrogen-bond acceptors (Lipinski definition) is 2. The number of nitrogens with zero attached hydrogens (tertiary/aromatic N) is 2. The Morgan fingerprint density at radius 2 is 1.86 bits per heavy atom. The summed E-state index contributed by atoms with van der Waals surface area (Å²) in [6, 6.07) is 15.0. The maximum Gasteiger partial charge on any atom is 0.0898 e. The number of hydrogen-bond donors (Lipinski definition) is 0. The summed E-state index contributed by atoms with van der Waals surface area (Å²) in [6.45, 7) is 5.09. The molecule has 0 N–H and O–H groups in total. The van der Waals surface area contributed by atoms with Gasteiger partial charge >= 0.3 is 0 Å². The van der Waals surface area contributed by atoms with Crippen LogP contribution in [0.4, 0.5) is 0 Å². The van der Waals surface area contributed by atoms with Crippen molar-refractivity contribution in [1.82, 2.24) is 9.88 Å². The Morgan fingerprint density at radius 1 is 1.05 bits per heavy atom. The van der Waals surface area contributed by atoms with Gasteiger partial charge in [0.2, 0.25) is 0 Å². The van der Waals surface area contributed by atoms with E-state index in [0.29, 0.717) is 0 Å². The standard InChI is InChI=1S/C19H20N2/c1-15-8-10-18(20-12-15)19-11-9-16(2)13-21(19)14-17-6-4-3-5-7-17/h3-13,19H,14H2,1-2H3. The van der Waals surface area contributed by atoms with Crippen LogP contribution in [0, 0.1) is 6.92 Å². The molecule has 2 aromatic rings. The highest BCUT2D eigenvalue weighted by atomic mass is 15.1. The summed E-state index contributed by atoms with van der Waals surface area (Å²) < 4.78 is 0. The quantitative estimate of drug-likeness (QED) is 0.825. The predicted molar refractivity (Wildman–Crippen MR) is 86.6 cm³/mol. The van der Waals surface area contributed by atoms with Gasteiger partial charge in [0, 0.05) is 18.9 Å². The van der Waals surface area contributed by atoms with Gasteiger partial charge in [-0.2, -0.15) is 0 Å². The highest BCUT2D eigenvalue weighted by Crippen LogP contribution is 2.28. The first-order chi connectivity index (χ1) is 10.2. The van der Waals surface area contributed by atoms with Crippen LogP contribution in [0.15, 0.2) is 72.6 Å². The van der Waals surface area contributed by atoms with Crippen molar-refractivity contribution in [2.75, 3.05) is 0 Å². The monoisotopic (exact) mass is 276 g/mol. The molecule has 0 saturated carbocycles. The molecular weight excluding hydrogens is 256 g/mol. The normalized spacial score (nSPS) is 17.7. The molecule has 0 saturated heterocycles. The molecule has 0 bridgehead atoms. The van der Waals surface area contributed by atoms with E-state index in [0.717, 1.165) is 12.2 Å². The first-order valence-electron chi connectivity index (χ1n) is 7.31. The van der Waals surface area contributed by atoms with E-state index in [2.05, 4.69) is 84.5 Å². The molecule has 0 amide bonds. The van der Waals surface area contributed by atoms with E-state index in [9.17, 15) is 0 Å². The van der Waals surface area contributed by atoms with Gasteiger partial charge in [-0.3, -0.25) is 4.98 Å². The van der Waals surface area contributed by atoms with E-state index >= 15 is 0 Å². The number of aromatic nitrogens is 1. The van der Waals surface area contributed by atoms with E-state index in [1.54, 1.807) is 0 Å². The first kappa shape index (κ1) is 13.6. The van der Waals surface area contributed by atoms with Crippen molar-refractivity contribution in [3.05, 3.63) is 89.4 Å². The molecule has 3 rings (SSSR count). The van der Waals surface area contributed by atoms with Gasteiger partial charge in [0.25, 0.3) is 0 Å². The molecule has 21 heavy (non-hydrogen) atoms. The van der Waals surface area contributed by atoms with Crippen molar-refractivity contribution in [3.8, 4) is 0 Å². The summed E-state index contributed by atoms with van der Waals surface area (Å²) in [5, 5.41) is 0. The summed E-state index contributed by atoms with van der Waals surface area (Å²) in [5.41, 5.74) is 4.87. The van der Waals surface area contributed by atoms with E-state index in [-0.39, 0.29) is 6.04 Å². The Hall–Kier alpha value is -2.35. The molecule has 106 valence electrons. The second-order valence-electron chi connectivity index (χ2n) is 5.60. The van der Waals surface area contributed by atoms with Crippen molar-refractivity contribution in [2.45, 2.75) is 26.4 Å². The van der Waals surface area contributed by atoms with Crippen molar-refractivity contribution < 1.29 is 0 Å². The SMILES string of the molecule is CC1=CN(Cc2ccccc2)C(c2ccc(C)cn2)C=C1. The fourth-order valence-corrected chi connectivity index (χ4v) is 2.60. The lowest BCUT2D eigenvalue weighted by atomic mass is 10.0. The lowest BCUT2D eigenvalue weighted by molar-refractivity contribution is 0.305. The van der Waals surface area contributed by atoms with Gasteiger partial charge in [0.15, 0.2) is 0 Å². The molecule has 1 aliphatic rings. The molecule has 1 atom stereocenters. The van der Waals surface area contributed by atoms with Crippen molar-refractivity contribution >= 4 is 0 Å². The summed E-state index contributed by atoms with van der Waals surface area (Å²) >= 11 is 0.